The van der Waals surface area contributed by atoms with Crippen molar-refractivity contribution in [2.24, 2.45) is 0 Å². The molecule has 26 heavy (non-hydrogen) atoms. The molecule has 0 aliphatic rings. The number of hydrogen-bond donors (Lipinski definition) is 2. The molecule has 2 heterocycles. The zero-order valence-corrected chi connectivity index (χ0v) is 14.7. The molecule has 0 spiro atoms. The molecule has 0 amide bonds. The number of anilines is 1. The normalized spacial score (nSPS) is 11.9. The lowest BCUT2D eigenvalue weighted by Gasteiger charge is -2.16. The minimum atomic E-state index is -1.20. The van der Waals surface area contributed by atoms with E-state index in [9.17, 15) is 13.6 Å². The van der Waals surface area contributed by atoms with Gasteiger partial charge >= 0.3 is 0 Å². The van der Waals surface area contributed by atoms with Gasteiger partial charge in [0, 0.05) is 29.4 Å². The largest absolute Gasteiger partial charge is 0.475 e. The zero-order chi connectivity index (χ0) is 19.3. The summed E-state index contributed by atoms with van der Waals surface area (Å²) in [5.74, 6) is -0.717. The van der Waals surface area contributed by atoms with Gasteiger partial charge in [0.2, 0.25) is 5.88 Å². The van der Waals surface area contributed by atoms with Crippen molar-refractivity contribution in [3.05, 3.63) is 47.2 Å². The molecular weight excluding hydrogens is 342 g/mol. The first-order chi connectivity index (χ1) is 12.3. The molecule has 1 unspecified atom stereocenters. The first-order valence-corrected chi connectivity index (χ1v) is 8.05. The molecule has 2 rings (SSSR count). The average molecular weight is 362 g/mol. The Hall–Kier alpha value is -2.90. The van der Waals surface area contributed by atoms with Crippen LogP contribution in [0.1, 0.15) is 42.4 Å². The van der Waals surface area contributed by atoms with Gasteiger partial charge < -0.3 is 10.1 Å². The second-order valence-corrected chi connectivity index (χ2v) is 6.05. The van der Waals surface area contributed by atoms with Crippen LogP contribution in [0.3, 0.4) is 0 Å². The number of carbonyl (C=O) groups is 1. The molecule has 8 heteroatoms. The van der Waals surface area contributed by atoms with Crippen LogP contribution in [0.25, 0.3) is 0 Å². The van der Waals surface area contributed by atoms with E-state index in [1.165, 1.54) is 19.2 Å². The molecule has 0 radical (unpaired) electrons. The number of aldehydes is 1. The number of rotatable bonds is 8. The lowest BCUT2D eigenvalue weighted by molar-refractivity contribution is 0.112. The predicted molar refractivity (Wildman–Crippen MR) is 94.6 cm³/mol. The lowest BCUT2D eigenvalue weighted by Crippen LogP contribution is -2.17. The molecule has 0 saturated carbocycles. The van der Waals surface area contributed by atoms with Gasteiger partial charge in [-0.15, -0.1) is 0 Å². The molecular formula is C18H20F2N4O2. The molecule has 2 N–H and O–H groups in total. The van der Waals surface area contributed by atoms with Crippen LogP contribution < -0.4 is 10.1 Å². The van der Waals surface area contributed by atoms with Crippen LogP contribution in [0, 0.1) is 11.2 Å². The number of alkyl halides is 1. The van der Waals surface area contributed by atoms with Crippen molar-refractivity contribution >= 4 is 17.7 Å². The summed E-state index contributed by atoms with van der Waals surface area (Å²) in [5.41, 5.74) is 0.661. The van der Waals surface area contributed by atoms with Crippen molar-refractivity contribution in [3.63, 3.8) is 0 Å². The molecule has 0 bridgehead atoms. The highest BCUT2D eigenvalue weighted by atomic mass is 19.1. The highest BCUT2D eigenvalue weighted by Crippen LogP contribution is 2.22. The minimum Gasteiger partial charge on any atom is -0.475 e. The molecule has 1 atom stereocenters. The summed E-state index contributed by atoms with van der Waals surface area (Å²) < 4.78 is 32.3. The Morgan fingerprint density at radius 2 is 2.04 bits per heavy atom. The fourth-order valence-electron chi connectivity index (χ4n) is 2.18. The summed E-state index contributed by atoms with van der Waals surface area (Å²) in [6, 6.07) is 2.79. The van der Waals surface area contributed by atoms with Gasteiger partial charge in [0.15, 0.2) is 12.1 Å². The van der Waals surface area contributed by atoms with Crippen LogP contribution in [0.2, 0.25) is 0 Å². The molecule has 2 aromatic rings. The van der Waals surface area contributed by atoms with Crippen molar-refractivity contribution in [1.82, 2.24) is 9.97 Å². The maximum atomic E-state index is 14.2. The Labute approximate surface area is 150 Å². The summed E-state index contributed by atoms with van der Waals surface area (Å²) in [4.78, 5) is 18.8. The predicted octanol–water partition coefficient (Wildman–Crippen LogP) is 3.40. The minimum absolute atomic E-state index is 0.0116. The Balaban J connectivity index is 2.41. The van der Waals surface area contributed by atoms with Crippen LogP contribution in [0.4, 0.5) is 14.5 Å². The maximum absolute atomic E-state index is 14.2. The monoisotopic (exact) mass is 362 g/mol. The number of pyridine rings is 2. The van der Waals surface area contributed by atoms with Crippen molar-refractivity contribution in [3.8, 4) is 5.88 Å². The SMILES string of the molecule is CC(F)COc1cc(C(=N)c2ncc(C=O)cc2NC(C)C)c(F)cn1. The van der Waals surface area contributed by atoms with E-state index in [2.05, 4.69) is 15.3 Å². The Morgan fingerprint density at radius 3 is 2.65 bits per heavy atom. The summed E-state index contributed by atoms with van der Waals surface area (Å²) in [5, 5.41) is 11.4. The highest BCUT2D eigenvalue weighted by molar-refractivity contribution is 6.13. The van der Waals surface area contributed by atoms with E-state index in [0.717, 1.165) is 6.20 Å². The van der Waals surface area contributed by atoms with E-state index in [1.54, 1.807) is 6.07 Å². The van der Waals surface area contributed by atoms with Gasteiger partial charge in [-0.1, -0.05) is 0 Å². The number of carbonyl (C=O) groups excluding carboxylic acids is 1. The molecule has 138 valence electrons. The number of hydrogen-bond acceptors (Lipinski definition) is 6. The fourth-order valence-corrected chi connectivity index (χ4v) is 2.18. The molecule has 0 aliphatic carbocycles. The van der Waals surface area contributed by atoms with Gasteiger partial charge in [-0.2, -0.15) is 0 Å². The number of halogens is 2. The molecule has 0 saturated heterocycles. The van der Waals surface area contributed by atoms with E-state index in [1.807, 2.05) is 13.8 Å². The van der Waals surface area contributed by atoms with Crippen LogP contribution in [0.15, 0.2) is 24.5 Å². The summed E-state index contributed by atoms with van der Waals surface area (Å²) in [6.45, 7) is 4.88. The van der Waals surface area contributed by atoms with E-state index in [-0.39, 0.29) is 35.5 Å². The number of ether oxygens (including phenoxy) is 1. The third-order valence-electron chi connectivity index (χ3n) is 3.29. The summed E-state index contributed by atoms with van der Waals surface area (Å²) in [6.07, 6.45) is 1.66. The van der Waals surface area contributed by atoms with Crippen molar-refractivity contribution < 1.29 is 18.3 Å². The van der Waals surface area contributed by atoms with Crippen molar-refractivity contribution in [2.75, 3.05) is 11.9 Å². The Bertz CT molecular complexity index is 810. The molecule has 0 aromatic carbocycles. The highest BCUT2D eigenvalue weighted by Gasteiger charge is 2.18. The average Bonchev–Trinajstić information content (AvgIpc) is 2.59. The first-order valence-electron chi connectivity index (χ1n) is 8.05. The van der Waals surface area contributed by atoms with E-state index < -0.39 is 12.0 Å². The van der Waals surface area contributed by atoms with Crippen LogP contribution in [-0.4, -0.2) is 40.8 Å². The lowest BCUT2D eigenvalue weighted by atomic mass is 10.0. The number of nitrogens with zero attached hydrogens (tertiary/aromatic N) is 2. The third kappa shape index (κ3) is 4.81. The van der Waals surface area contributed by atoms with Crippen LogP contribution >= 0.6 is 0 Å². The van der Waals surface area contributed by atoms with E-state index in [4.69, 9.17) is 10.1 Å². The van der Waals surface area contributed by atoms with Gasteiger partial charge in [0.25, 0.3) is 0 Å². The smallest absolute Gasteiger partial charge is 0.214 e. The number of aromatic nitrogens is 2. The molecule has 0 aliphatic heterocycles. The summed E-state index contributed by atoms with van der Waals surface area (Å²) in [7, 11) is 0. The molecule has 6 nitrogen and oxygen atoms in total. The number of nitrogens with one attached hydrogen (secondary N) is 2. The standard InChI is InChI=1S/C18H20F2N4O2/c1-10(2)24-15-4-12(8-25)6-23-18(15)17(21)13-5-16(22-7-14(13)20)26-9-11(3)19/h4-8,10-11,21,24H,9H2,1-3H3. The van der Waals surface area contributed by atoms with Gasteiger partial charge in [-0.3, -0.25) is 15.2 Å². The fraction of sp³-hybridized carbons (Fsp3) is 0.333. The van der Waals surface area contributed by atoms with Gasteiger partial charge in [0.1, 0.15) is 18.5 Å². The van der Waals surface area contributed by atoms with Crippen LogP contribution in [-0.2, 0) is 0 Å². The molecule has 0 fully saturated rings. The molecule has 2 aromatic heterocycles. The van der Waals surface area contributed by atoms with Crippen molar-refractivity contribution in [1.29, 1.82) is 5.41 Å². The summed E-state index contributed by atoms with van der Waals surface area (Å²) >= 11 is 0. The van der Waals surface area contributed by atoms with E-state index in [0.29, 0.717) is 17.5 Å². The second kappa shape index (κ2) is 8.46. The zero-order valence-electron chi connectivity index (χ0n) is 14.7. The topological polar surface area (TPSA) is 88.0 Å². The van der Waals surface area contributed by atoms with Gasteiger partial charge in [-0.25, -0.2) is 13.8 Å². The van der Waals surface area contributed by atoms with Gasteiger partial charge in [-0.05, 0) is 26.8 Å². The third-order valence-corrected chi connectivity index (χ3v) is 3.29. The Morgan fingerprint density at radius 1 is 1.31 bits per heavy atom. The first kappa shape index (κ1) is 19.4. The van der Waals surface area contributed by atoms with Crippen LogP contribution in [0.5, 0.6) is 5.88 Å². The maximum Gasteiger partial charge on any atom is 0.214 e. The van der Waals surface area contributed by atoms with Crippen molar-refractivity contribution in [2.45, 2.75) is 33.0 Å². The second-order valence-electron chi connectivity index (χ2n) is 6.05. The Kier molecular flexibility index (Phi) is 6.32. The van der Waals surface area contributed by atoms with Gasteiger partial charge in [0.05, 0.1) is 17.6 Å². The quantitative estimate of drug-likeness (QED) is 0.555. The van der Waals surface area contributed by atoms with E-state index >= 15 is 0 Å².